The van der Waals surface area contributed by atoms with Gasteiger partial charge in [-0.25, -0.2) is 19.9 Å². The molecule has 9 rings (SSSR count). The monoisotopic (exact) mass is 684 g/mol. The van der Waals surface area contributed by atoms with Gasteiger partial charge in [0.05, 0.1) is 44.9 Å². The zero-order valence-corrected chi connectivity index (χ0v) is 27.8. The molecule has 7 aromatic rings. The number of aromatic nitrogens is 6. The minimum Gasteiger partial charge on any atom is -0.354 e. The van der Waals surface area contributed by atoms with E-state index in [4.69, 9.17) is 19.9 Å². The zero-order chi connectivity index (χ0) is 33.6. The van der Waals surface area contributed by atoms with Crippen molar-refractivity contribution in [2.45, 2.75) is 0 Å². The lowest BCUT2D eigenvalue weighted by Crippen LogP contribution is -1.90. The summed E-state index contributed by atoms with van der Waals surface area (Å²) in [5, 5.41) is 5.58. The first-order valence-electron chi connectivity index (χ1n) is 15.7. The third-order valence-corrected chi connectivity index (χ3v) is 10.3. The molecule has 0 radical (unpaired) electrons. The fraction of sp³-hybridized carbons (Fsp3) is 0. The molecule has 0 fully saturated rings. The Morgan fingerprint density at radius 3 is 1.16 bits per heavy atom. The van der Waals surface area contributed by atoms with Crippen molar-refractivity contribution in [2.24, 2.45) is 0 Å². The molecule has 2 aliphatic heterocycles. The summed E-state index contributed by atoms with van der Waals surface area (Å²) >= 11 is 3.09. The van der Waals surface area contributed by atoms with Crippen molar-refractivity contribution in [3.05, 3.63) is 130 Å². The van der Waals surface area contributed by atoms with Gasteiger partial charge in [-0.05, 0) is 59.7 Å². The second-order valence-corrected chi connectivity index (χ2v) is 13.4. The van der Waals surface area contributed by atoms with E-state index in [0.717, 1.165) is 101 Å². The molecule has 0 amide bonds. The topological polar surface area (TPSA) is 117 Å². The summed E-state index contributed by atoms with van der Waals surface area (Å²) in [5.41, 5.74) is 13.1. The molecule has 8 nitrogen and oxygen atoms in total. The van der Waals surface area contributed by atoms with Crippen LogP contribution in [0, 0.1) is 0 Å². The maximum atomic E-state index is 11.5. The highest BCUT2D eigenvalue weighted by Crippen LogP contribution is 2.39. The summed E-state index contributed by atoms with van der Waals surface area (Å²) in [6.07, 6.45) is 13.4. The number of aromatic amines is 2. The van der Waals surface area contributed by atoms with E-state index in [1.165, 1.54) is 0 Å². The van der Waals surface area contributed by atoms with Gasteiger partial charge in [0.25, 0.3) is 0 Å². The van der Waals surface area contributed by atoms with Crippen LogP contribution >= 0.6 is 22.7 Å². The van der Waals surface area contributed by atoms with Crippen LogP contribution in [0.3, 0.4) is 0 Å². The lowest BCUT2D eigenvalue weighted by Gasteiger charge is -2.06. The van der Waals surface area contributed by atoms with E-state index >= 15 is 0 Å². The third-order valence-electron chi connectivity index (χ3n) is 8.72. The van der Waals surface area contributed by atoms with Crippen LogP contribution in [0.5, 0.6) is 0 Å². The van der Waals surface area contributed by atoms with Gasteiger partial charge in [-0.3, -0.25) is 9.59 Å². The largest absolute Gasteiger partial charge is 0.354 e. The number of nitrogens with one attached hydrogen (secondary N) is 2. The number of nitrogens with zero attached hydrogens (tertiary/aromatic N) is 4. The summed E-state index contributed by atoms with van der Waals surface area (Å²) in [7, 11) is 0. The summed E-state index contributed by atoms with van der Waals surface area (Å²) in [4.78, 5) is 50.3. The van der Waals surface area contributed by atoms with Gasteiger partial charge in [-0.2, -0.15) is 0 Å². The van der Waals surface area contributed by atoms with Gasteiger partial charge in [0.2, 0.25) is 0 Å². The zero-order valence-electron chi connectivity index (χ0n) is 26.1. The number of hydrogen-bond acceptors (Lipinski definition) is 8. The van der Waals surface area contributed by atoms with Crippen LogP contribution in [0.2, 0.25) is 0 Å². The van der Waals surface area contributed by atoms with E-state index in [0.29, 0.717) is 11.1 Å². The second kappa shape index (κ2) is 12.3. The highest BCUT2D eigenvalue weighted by Gasteiger charge is 2.20. The number of carbonyl (C=O) groups excluding carboxylic acids is 2. The van der Waals surface area contributed by atoms with Gasteiger partial charge in [-0.1, -0.05) is 48.5 Å². The summed E-state index contributed by atoms with van der Waals surface area (Å²) < 4.78 is 0. The predicted molar refractivity (Wildman–Crippen MR) is 203 cm³/mol. The molecule has 8 bridgehead atoms. The predicted octanol–water partition coefficient (Wildman–Crippen LogP) is 9.86. The molecule has 0 saturated carbocycles. The van der Waals surface area contributed by atoms with Gasteiger partial charge in [0, 0.05) is 56.4 Å². The second-order valence-electron chi connectivity index (χ2n) is 11.7. The van der Waals surface area contributed by atoms with Crippen molar-refractivity contribution >= 4 is 81.6 Å². The number of rotatable bonds is 6. The summed E-state index contributed by atoms with van der Waals surface area (Å²) in [6, 6.07) is 23.3. The molecule has 0 saturated heterocycles. The van der Waals surface area contributed by atoms with Gasteiger partial charge >= 0.3 is 0 Å². The van der Waals surface area contributed by atoms with E-state index in [1.54, 1.807) is 35.1 Å². The van der Waals surface area contributed by atoms with Gasteiger partial charge < -0.3 is 9.97 Å². The molecule has 7 heterocycles. The Labute approximate surface area is 293 Å². The molecule has 0 spiro atoms. The number of carbonyl (C=O) groups is 2. The Balaban J connectivity index is 1.45. The number of thiazole rings is 2. The van der Waals surface area contributed by atoms with Crippen molar-refractivity contribution in [3.8, 4) is 43.4 Å². The number of aldehydes is 2. The molecule has 2 N–H and O–H groups in total. The first-order chi connectivity index (χ1) is 24.7. The maximum Gasteiger partial charge on any atom is 0.150 e. The van der Waals surface area contributed by atoms with Crippen molar-refractivity contribution in [2.75, 3.05) is 0 Å². The van der Waals surface area contributed by atoms with Crippen LogP contribution in [0.1, 0.15) is 43.5 Å². The lowest BCUT2D eigenvalue weighted by atomic mass is 10.0. The average Bonchev–Trinajstić information content (AvgIpc) is 4.00. The Kier molecular flexibility index (Phi) is 7.30. The third kappa shape index (κ3) is 5.14. The number of benzene rings is 2. The Hall–Kier alpha value is -6.36. The van der Waals surface area contributed by atoms with E-state index in [1.807, 2.05) is 83.6 Å². The van der Waals surface area contributed by atoms with Gasteiger partial charge in [0.1, 0.15) is 22.6 Å². The van der Waals surface area contributed by atoms with Crippen LogP contribution in [-0.2, 0) is 0 Å². The standard InChI is InChI=1S/C40H24N6O2S2/c47-21-23-1-5-25(6-2-23)35-27-9-13-31(43-27)37(39-41-17-19-49-39)33-15-11-29(45-33)36(26-7-3-24(22-48)4-8-26)30-12-16-34(46-30)38(40-42-18-20-50-40)32-14-10-28(35)44-32/h1-22,43,46H. The van der Waals surface area contributed by atoms with Crippen LogP contribution in [0.15, 0.2) is 96.0 Å². The highest BCUT2D eigenvalue weighted by molar-refractivity contribution is 7.13. The van der Waals surface area contributed by atoms with Crippen LogP contribution < -0.4 is 0 Å². The fourth-order valence-electron chi connectivity index (χ4n) is 6.41. The van der Waals surface area contributed by atoms with E-state index in [2.05, 4.69) is 34.2 Å². The first kappa shape index (κ1) is 29.8. The number of hydrogen-bond donors (Lipinski definition) is 2. The van der Waals surface area contributed by atoms with E-state index < -0.39 is 0 Å². The molecule has 2 aliphatic rings. The number of fused-ring (bicyclic) bond motifs is 8. The van der Waals surface area contributed by atoms with Gasteiger partial charge in [0.15, 0.2) is 0 Å². The Bertz CT molecular complexity index is 2480. The fourth-order valence-corrected chi connectivity index (χ4v) is 7.82. The SMILES string of the molecule is O=Cc1ccc(-c2c3nc(c(-c4nccs4)c4ccc([nH]4)c(-c4ccc(C=O)cc4)c4nc(c(-c5nccs5)c5ccc2[nH]5)C=C4)C=C3)cc1. The van der Waals surface area contributed by atoms with E-state index in [-0.39, 0.29) is 0 Å². The molecule has 0 atom stereocenters. The smallest absolute Gasteiger partial charge is 0.150 e. The van der Waals surface area contributed by atoms with E-state index in [9.17, 15) is 9.59 Å². The minimum absolute atomic E-state index is 0.598. The highest BCUT2D eigenvalue weighted by atomic mass is 32.1. The molecule has 10 heteroatoms. The molecule has 50 heavy (non-hydrogen) atoms. The molecule has 238 valence electrons. The summed E-state index contributed by atoms with van der Waals surface area (Å²) in [6.45, 7) is 0. The normalized spacial score (nSPS) is 12.0. The first-order valence-corrected chi connectivity index (χ1v) is 17.5. The quantitative estimate of drug-likeness (QED) is 0.168. The summed E-state index contributed by atoms with van der Waals surface area (Å²) in [5.74, 6) is 0. The van der Waals surface area contributed by atoms with Crippen molar-refractivity contribution in [1.82, 2.24) is 29.9 Å². The molecule has 5 aromatic heterocycles. The average molecular weight is 685 g/mol. The van der Waals surface area contributed by atoms with Crippen molar-refractivity contribution in [1.29, 1.82) is 0 Å². The molecular formula is C40H24N6O2S2. The van der Waals surface area contributed by atoms with Crippen LogP contribution in [-0.4, -0.2) is 42.5 Å². The van der Waals surface area contributed by atoms with Gasteiger partial charge in [-0.15, -0.1) is 22.7 Å². The maximum absolute atomic E-state index is 11.5. The minimum atomic E-state index is 0.598. The van der Waals surface area contributed by atoms with Crippen molar-refractivity contribution in [3.63, 3.8) is 0 Å². The molecule has 0 unspecified atom stereocenters. The van der Waals surface area contributed by atoms with Crippen LogP contribution in [0.25, 0.3) is 89.8 Å². The van der Waals surface area contributed by atoms with Crippen molar-refractivity contribution < 1.29 is 9.59 Å². The number of H-pyrrole nitrogens is 2. The lowest BCUT2D eigenvalue weighted by molar-refractivity contribution is 0.111. The Morgan fingerprint density at radius 1 is 0.460 bits per heavy atom. The molecule has 2 aromatic carbocycles. The molecule has 0 aliphatic carbocycles. The Morgan fingerprint density at radius 2 is 0.820 bits per heavy atom. The van der Waals surface area contributed by atoms with Crippen LogP contribution in [0.4, 0.5) is 0 Å². The molecular weight excluding hydrogens is 661 g/mol.